The lowest BCUT2D eigenvalue weighted by Gasteiger charge is -2.01. The highest BCUT2D eigenvalue weighted by Crippen LogP contribution is 2.25. The smallest absolute Gasteiger partial charge is 0.208 e. The molecule has 0 amide bonds. The Labute approximate surface area is 116 Å². The van der Waals surface area contributed by atoms with E-state index in [9.17, 15) is 0 Å². The number of benzene rings is 1. The number of hydrogen-bond donors (Lipinski definition) is 1. The van der Waals surface area contributed by atoms with Gasteiger partial charge in [0.2, 0.25) is 5.89 Å². The first-order valence-electron chi connectivity index (χ1n) is 6.46. The zero-order chi connectivity index (χ0) is 13.1. The number of aryl methyl sites for hydroxylation is 1. The molecular weight excluding hydrogens is 256 g/mol. The highest BCUT2D eigenvalue weighted by Gasteiger charge is 2.05. The molecule has 98 valence electrons. The summed E-state index contributed by atoms with van der Waals surface area (Å²) in [7, 11) is 0. The van der Waals surface area contributed by atoms with Gasteiger partial charge < -0.3 is 9.73 Å². The normalized spacial score (nSPS) is 11.2. The number of aromatic nitrogens is 1. The molecule has 3 aromatic rings. The Balaban J connectivity index is 1.63. The van der Waals surface area contributed by atoms with E-state index in [1.54, 1.807) is 17.5 Å². The predicted molar refractivity (Wildman–Crippen MR) is 78.2 cm³/mol. The second kappa shape index (κ2) is 5.55. The monoisotopic (exact) mass is 272 g/mol. The van der Waals surface area contributed by atoms with E-state index in [4.69, 9.17) is 4.42 Å². The summed E-state index contributed by atoms with van der Waals surface area (Å²) in [6, 6.07) is 8.49. The first kappa shape index (κ1) is 12.4. The third kappa shape index (κ3) is 2.69. The average molecular weight is 272 g/mol. The molecule has 0 fully saturated rings. The average Bonchev–Trinajstić information content (AvgIpc) is 3.06. The second-order valence-corrected chi connectivity index (χ2v) is 5.35. The van der Waals surface area contributed by atoms with E-state index in [0.717, 1.165) is 24.6 Å². The summed E-state index contributed by atoms with van der Waals surface area (Å²) >= 11 is 1.79. The maximum atomic E-state index is 5.57. The van der Waals surface area contributed by atoms with Crippen LogP contribution in [-0.2, 0) is 19.5 Å². The van der Waals surface area contributed by atoms with E-state index in [1.165, 1.54) is 15.6 Å². The summed E-state index contributed by atoms with van der Waals surface area (Å²) in [5.41, 5.74) is 1.34. The maximum absolute atomic E-state index is 5.57. The Hall–Kier alpha value is -1.65. The fourth-order valence-electron chi connectivity index (χ4n) is 2.07. The largest absolute Gasteiger partial charge is 0.444 e. The molecule has 0 aliphatic rings. The van der Waals surface area contributed by atoms with Crippen molar-refractivity contribution in [2.45, 2.75) is 26.4 Å². The predicted octanol–water partition coefficient (Wildman–Crippen LogP) is 3.74. The molecule has 0 saturated heterocycles. The molecule has 0 spiro atoms. The molecule has 1 N–H and O–H groups in total. The SMILES string of the molecule is CCc1cnc(CNCc2csc3ccccc23)o1. The summed E-state index contributed by atoms with van der Waals surface area (Å²) in [4.78, 5) is 4.24. The molecule has 4 heteroatoms. The van der Waals surface area contributed by atoms with Crippen LogP contribution < -0.4 is 5.32 Å². The van der Waals surface area contributed by atoms with Gasteiger partial charge in [-0.15, -0.1) is 11.3 Å². The van der Waals surface area contributed by atoms with Crippen LogP contribution in [0, 0.1) is 0 Å². The van der Waals surface area contributed by atoms with Crippen LogP contribution >= 0.6 is 11.3 Å². The lowest BCUT2D eigenvalue weighted by atomic mass is 10.2. The number of thiophene rings is 1. The molecule has 2 aromatic heterocycles. The lowest BCUT2D eigenvalue weighted by molar-refractivity contribution is 0.439. The molecule has 3 rings (SSSR count). The number of fused-ring (bicyclic) bond motifs is 1. The van der Waals surface area contributed by atoms with Crippen molar-refractivity contribution in [1.29, 1.82) is 0 Å². The standard InChI is InChI=1S/C15H16N2OS/c1-2-12-8-17-15(18-12)9-16-7-11-10-19-14-6-4-3-5-13(11)14/h3-6,8,10,16H,2,7,9H2,1H3. The van der Waals surface area contributed by atoms with Crippen LogP contribution in [0.25, 0.3) is 10.1 Å². The van der Waals surface area contributed by atoms with Gasteiger partial charge in [0.15, 0.2) is 0 Å². The lowest BCUT2D eigenvalue weighted by Crippen LogP contribution is -2.12. The highest BCUT2D eigenvalue weighted by atomic mass is 32.1. The molecule has 0 bridgehead atoms. The van der Waals surface area contributed by atoms with Crippen molar-refractivity contribution in [3.63, 3.8) is 0 Å². The van der Waals surface area contributed by atoms with Crippen molar-refractivity contribution in [1.82, 2.24) is 10.3 Å². The van der Waals surface area contributed by atoms with Gasteiger partial charge in [-0.2, -0.15) is 0 Å². The third-order valence-electron chi connectivity index (χ3n) is 3.10. The van der Waals surface area contributed by atoms with Gasteiger partial charge in [-0.05, 0) is 22.4 Å². The fraction of sp³-hybridized carbons (Fsp3) is 0.267. The van der Waals surface area contributed by atoms with Crippen molar-refractivity contribution in [2.24, 2.45) is 0 Å². The minimum absolute atomic E-state index is 0.671. The molecule has 1 aromatic carbocycles. The molecule has 2 heterocycles. The first-order chi connectivity index (χ1) is 9.36. The van der Waals surface area contributed by atoms with Gasteiger partial charge in [0.1, 0.15) is 5.76 Å². The fourth-order valence-corrected chi connectivity index (χ4v) is 3.03. The van der Waals surface area contributed by atoms with Gasteiger partial charge in [0.05, 0.1) is 12.7 Å². The van der Waals surface area contributed by atoms with Crippen molar-refractivity contribution >= 4 is 21.4 Å². The van der Waals surface area contributed by atoms with Gasteiger partial charge >= 0.3 is 0 Å². The molecule has 0 atom stereocenters. The van der Waals surface area contributed by atoms with Crippen molar-refractivity contribution in [3.05, 3.63) is 53.1 Å². The second-order valence-electron chi connectivity index (χ2n) is 4.43. The van der Waals surface area contributed by atoms with E-state index in [1.807, 2.05) is 0 Å². The van der Waals surface area contributed by atoms with Crippen molar-refractivity contribution < 1.29 is 4.42 Å². The van der Waals surface area contributed by atoms with Gasteiger partial charge in [0.25, 0.3) is 0 Å². The summed E-state index contributed by atoms with van der Waals surface area (Å²) in [6.07, 6.45) is 2.69. The molecule has 3 nitrogen and oxygen atoms in total. The number of oxazole rings is 1. The van der Waals surface area contributed by atoms with Crippen LogP contribution in [0.5, 0.6) is 0 Å². The van der Waals surface area contributed by atoms with Crippen LogP contribution in [0.1, 0.15) is 24.1 Å². The Bertz CT molecular complexity index is 671. The van der Waals surface area contributed by atoms with Gasteiger partial charge in [-0.3, -0.25) is 0 Å². The number of hydrogen-bond acceptors (Lipinski definition) is 4. The van der Waals surface area contributed by atoms with E-state index < -0.39 is 0 Å². The Morgan fingerprint density at radius 2 is 2.16 bits per heavy atom. The van der Waals surface area contributed by atoms with Gasteiger partial charge in [-0.25, -0.2) is 4.98 Å². The van der Waals surface area contributed by atoms with Gasteiger partial charge in [-0.1, -0.05) is 25.1 Å². The highest BCUT2D eigenvalue weighted by molar-refractivity contribution is 7.17. The number of rotatable bonds is 5. The molecule has 0 aliphatic heterocycles. The molecule has 0 radical (unpaired) electrons. The van der Waals surface area contributed by atoms with Crippen molar-refractivity contribution in [2.75, 3.05) is 0 Å². The Morgan fingerprint density at radius 3 is 3.00 bits per heavy atom. The van der Waals surface area contributed by atoms with E-state index in [-0.39, 0.29) is 0 Å². The van der Waals surface area contributed by atoms with E-state index in [2.05, 4.69) is 46.9 Å². The third-order valence-corrected chi connectivity index (χ3v) is 4.12. The zero-order valence-electron chi connectivity index (χ0n) is 10.8. The van der Waals surface area contributed by atoms with Gasteiger partial charge in [0, 0.05) is 17.7 Å². The van der Waals surface area contributed by atoms with Crippen LogP contribution in [0.4, 0.5) is 0 Å². The summed E-state index contributed by atoms with van der Waals surface area (Å²) in [5.74, 6) is 1.70. The van der Waals surface area contributed by atoms with E-state index in [0.29, 0.717) is 6.54 Å². The Morgan fingerprint density at radius 1 is 1.26 bits per heavy atom. The number of nitrogens with one attached hydrogen (secondary N) is 1. The molecule has 19 heavy (non-hydrogen) atoms. The number of nitrogens with zero attached hydrogens (tertiary/aromatic N) is 1. The first-order valence-corrected chi connectivity index (χ1v) is 7.34. The Kier molecular flexibility index (Phi) is 3.62. The topological polar surface area (TPSA) is 38.1 Å². The van der Waals surface area contributed by atoms with E-state index >= 15 is 0 Å². The van der Waals surface area contributed by atoms with Crippen LogP contribution in [0.3, 0.4) is 0 Å². The molecule has 0 aliphatic carbocycles. The molecular formula is C15H16N2OS. The van der Waals surface area contributed by atoms with Crippen LogP contribution in [0.2, 0.25) is 0 Å². The summed E-state index contributed by atoms with van der Waals surface area (Å²) in [5, 5.41) is 6.93. The minimum Gasteiger partial charge on any atom is -0.444 e. The van der Waals surface area contributed by atoms with Crippen LogP contribution in [0.15, 0.2) is 40.3 Å². The van der Waals surface area contributed by atoms with Crippen molar-refractivity contribution in [3.8, 4) is 0 Å². The van der Waals surface area contributed by atoms with Crippen LogP contribution in [-0.4, -0.2) is 4.98 Å². The molecule has 0 saturated carbocycles. The summed E-state index contributed by atoms with van der Waals surface area (Å²) < 4.78 is 6.91. The molecule has 0 unspecified atom stereocenters. The minimum atomic E-state index is 0.671. The maximum Gasteiger partial charge on any atom is 0.208 e. The quantitative estimate of drug-likeness (QED) is 0.769. The summed E-state index contributed by atoms with van der Waals surface area (Å²) in [6.45, 7) is 3.58. The zero-order valence-corrected chi connectivity index (χ0v) is 11.7.